The van der Waals surface area contributed by atoms with Crippen LogP contribution in [0.1, 0.15) is 15.9 Å². The maximum absolute atomic E-state index is 12.2. The van der Waals surface area contributed by atoms with E-state index in [1.54, 1.807) is 23.5 Å². The first-order valence-electron chi connectivity index (χ1n) is 4.85. The lowest BCUT2D eigenvalue weighted by Gasteiger charge is -2.20. The predicted octanol–water partition coefficient (Wildman–Crippen LogP) is 3.29. The van der Waals surface area contributed by atoms with Gasteiger partial charge >= 0.3 is 0 Å². The van der Waals surface area contributed by atoms with E-state index in [4.69, 9.17) is 4.74 Å². The summed E-state index contributed by atoms with van der Waals surface area (Å²) >= 11 is 3.10. The SMILES string of the molecule is CSC(SC)=C1OCc2ccccc2C1=O. The number of thioether (sulfide) groups is 2. The van der Waals surface area contributed by atoms with E-state index in [9.17, 15) is 4.79 Å². The van der Waals surface area contributed by atoms with Crippen LogP contribution in [0.15, 0.2) is 34.3 Å². The molecule has 0 bridgehead atoms. The van der Waals surface area contributed by atoms with E-state index >= 15 is 0 Å². The summed E-state index contributed by atoms with van der Waals surface area (Å²) in [5, 5.41) is 0. The second-order valence-electron chi connectivity index (χ2n) is 3.30. The number of Topliss-reactive ketones (excluding diaryl/α,β-unsaturated/α-hetero) is 1. The molecule has 0 atom stereocenters. The number of hydrogen-bond acceptors (Lipinski definition) is 4. The average molecular weight is 252 g/mol. The number of fused-ring (bicyclic) bond motifs is 1. The van der Waals surface area contributed by atoms with Crippen LogP contribution in [-0.4, -0.2) is 18.3 Å². The van der Waals surface area contributed by atoms with Gasteiger partial charge in [0.1, 0.15) is 6.61 Å². The zero-order chi connectivity index (χ0) is 11.5. The van der Waals surface area contributed by atoms with Gasteiger partial charge in [-0.05, 0) is 12.5 Å². The number of ketones is 1. The van der Waals surface area contributed by atoms with Crippen molar-refractivity contribution in [1.82, 2.24) is 0 Å². The van der Waals surface area contributed by atoms with E-state index in [-0.39, 0.29) is 5.78 Å². The third kappa shape index (κ3) is 1.99. The molecular formula is C12H12O2S2. The second-order valence-corrected chi connectivity index (χ2v) is 5.19. The number of carbonyl (C=O) groups is 1. The van der Waals surface area contributed by atoms with E-state index in [1.807, 2.05) is 36.8 Å². The van der Waals surface area contributed by atoms with Gasteiger partial charge in [-0.25, -0.2) is 0 Å². The highest BCUT2D eigenvalue weighted by Gasteiger charge is 2.25. The van der Waals surface area contributed by atoms with Crippen LogP contribution in [0.4, 0.5) is 0 Å². The van der Waals surface area contributed by atoms with E-state index < -0.39 is 0 Å². The molecule has 1 aromatic rings. The Labute approximate surface area is 103 Å². The van der Waals surface area contributed by atoms with Crippen molar-refractivity contribution in [2.75, 3.05) is 12.5 Å². The highest BCUT2D eigenvalue weighted by atomic mass is 32.2. The molecule has 0 N–H and O–H groups in total. The van der Waals surface area contributed by atoms with Crippen LogP contribution < -0.4 is 0 Å². The second kappa shape index (κ2) is 4.97. The van der Waals surface area contributed by atoms with Crippen molar-refractivity contribution in [3.63, 3.8) is 0 Å². The van der Waals surface area contributed by atoms with Crippen molar-refractivity contribution in [2.24, 2.45) is 0 Å². The van der Waals surface area contributed by atoms with E-state index in [1.165, 1.54) is 0 Å². The minimum atomic E-state index is 0.000509. The van der Waals surface area contributed by atoms with E-state index in [2.05, 4.69) is 0 Å². The maximum Gasteiger partial charge on any atom is 0.229 e. The molecule has 84 valence electrons. The van der Waals surface area contributed by atoms with Gasteiger partial charge in [-0.2, -0.15) is 0 Å². The number of rotatable bonds is 2. The predicted molar refractivity (Wildman–Crippen MR) is 69.6 cm³/mol. The summed E-state index contributed by atoms with van der Waals surface area (Å²) in [6.07, 6.45) is 3.91. The summed E-state index contributed by atoms with van der Waals surface area (Å²) in [5.41, 5.74) is 1.74. The molecule has 2 rings (SSSR count). The van der Waals surface area contributed by atoms with Gasteiger partial charge in [0.15, 0.2) is 5.76 Å². The highest BCUT2D eigenvalue weighted by molar-refractivity contribution is 8.21. The van der Waals surface area contributed by atoms with Crippen LogP contribution in [0.2, 0.25) is 0 Å². The topological polar surface area (TPSA) is 26.3 Å². The number of benzene rings is 1. The molecule has 0 saturated carbocycles. The Balaban J connectivity index is 2.46. The first-order valence-corrected chi connectivity index (χ1v) is 7.30. The molecule has 2 nitrogen and oxygen atoms in total. The van der Waals surface area contributed by atoms with Crippen molar-refractivity contribution in [3.05, 3.63) is 45.4 Å². The van der Waals surface area contributed by atoms with Crippen LogP contribution in [0.3, 0.4) is 0 Å². The average Bonchev–Trinajstić information content (AvgIpc) is 2.34. The first-order chi connectivity index (χ1) is 7.77. The quantitative estimate of drug-likeness (QED) is 0.754. The monoisotopic (exact) mass is 252 g/mol. The van der Waals surface area contributed by atoms with Gasteiger partial charge in [0, 0.05) is 11.1 Å². The van der Waals surface area contributed by atoms with Crippen LogP contribution in [-0.2, 0) is 11.3 Å². The maximum atomic E-state index is 12.2. The number of ether oxygens (including phenoxy) is 1. The molecule has 4 heteroatoms. The van der Waals surface area contributed by atoms with Crippen molar-refractivity contribution < 1.29 is 9.53 Å². The smallest absolute Gasteiger partial charge is 0.229 e. The van der Waals surface area contributed by atoms with Gasteiger partial charge in [-0.3, -0.25) is 4.79 Å². The molecule has 0 saturated heterocycles. The molecule has 0 aliphatic carbocycles. The number of carbonyl (C=O) groups excluding carboxylic acids is 1. The van der Waals surface area contributed by atoms with Crippen LogP contribution in [0.25, 0.3) is 0 Å². The van der Waals surface area contributed by atoms with Gasteiger partial charge in [0.05, 0.1) is 4.24 Å². The standard InChI is InChI=1S/C12H12O2S2/c1-15-12(16-2)11-10(13)9-6-4-3-5-8(9)7-14-11/h3-6H,7H2,1-2H3. The largest absolute Gasteiger partial charge is 0.483 e. The van der Waals surface area contributed by atoms with Gasteiger partial charge in [0.2, 0.25) is 5.78 Å². The van der Waals surface area contributed by atoms with Gasteiger partial charge in [-0.1, -0.05) is 24.3 Å². The molecule has 0 fully saturated rings. The Morgan fingerprint density at radius 2 is 1.94 bits per heavy atom. The van der Waals surface area contributed by atoms with Crippen molar-refractivity contribution in [3.8, 4) is 0 Å². The Morgan fingerprint density at radius 3 is 2.62 bits per heavy atom. The zero-order valence-electron chi connectivity index (χ0n) is 9.15. The minimum absolute atomic E-state index is 0.000509. The Kier molecular flexibility index (Phi) is 3.61. The third-order valence-corrected chi connectivity index (χ3v) is 4.51. The molecular weight excluding hydrogens is 240 g/mol. The van der Waals surface area contributed by atoms with E-state index in [0.29, 0.717) is 12.4 Å². The summed E-state index contributed by atoms with van der Waals surface area (Å²) in [7, 11) is 0. The van der Waals surface area contributed by atoms with E-state index in [0.717, 1.165) is 15.4 Å². The Hall–Kier alpha value is -0.870. The summed E-state index contributed by atoms with van der Waals surface area (Å²) in [4.78, 5) is 12.2. The molecule has 16 heavy (non-hydrogen) atoms. The Morgan fingerprint density at radius 1 is 1.25 bits per heavy atom. The van der Waals surface area contributed by atoms with Gasteiger partial charge < -0.3 is 4.74 Å². The van der Waals surface area contributed by atoms with Crippen molar-refractivity contribution >= 4 is 29.3 Å². The van der Waals surface area contributed by atoms with Gasteiger partial charge in [0.25, 0.3) is 0 Å². The van der Waals surface area contributed by atoms with Gasteiger partial charge in [-0.15, -0.1) is 23.5 Å². The molecule has 0 spiro atoms. The summed E-state index contributed by atoms with van der Waals surface area (Å²) in [6.45, 7) is 0.488. The lowest BCUT2D eigenvalue weighted by molar-refractivity contribution is 0.0865. The first kappa shape index (κ1) is 11.6. The molecule has 0 amide bonds. The Bertz CT molecular complexity index is 446. The minimum Gasteiger partial charge on any atom is -0.483 e. The summed E-state index contributed by atoms with van der Waals surface area (Å²) in [5.74, 6) is 0.499. The fourth-order valence-corrected chi connectivity index (χ4v) is 2.97. The highest BCUT2D eigenvalue weighted by Crippen LogP contribution is 2.33. The molecule has 0 unspecified atom stereocenters. The van der Waals surface area contributed by atoms with Crippen LogP contribution in [0, 0.1) is 0 Å². The molecule has 1 heterocycles. The molecule has 1 aliphatic heterocycles. The van der Waals surface area contributed by atoms with Crippen LogP contribution >= 0.6 is 23.5 Å². The fourth-order valence-electron chi connectivity index (χ4n) is 1.63. The molecule has 0 radical (unpaired) electrons. The summed E-state index contributed by atoms with van der Waals surface area (Å²) < 4.78 is 6.49. The molecule has 1 aliphatic rings. The third-order valence-electron chi connectivity index (χ3n) is 2.40. The lowest BCUT2D eigenvalue weighted by atomic mass is 10.0. The zero-order valence-corrected chi connectivity index (χ0v) is 10.8. The van der Waals surface area contributed by atoms with Crippen LogP contribution in [0.5, 0.6) is 0 Å². The molecule has 1 aromatic carbocycles. The lowest BCUT2D eigenvalue weighted by Crippen LogP contribution is -2.17. The molecule has 0 aromatic heterocycles. The number of hydrogen-bond donors (Lipinski definition) is 0. The fraction of sp³-hybridized carbons (Fsp3) is 0.250. The normalized spacial score (nSPS) is 14.4. The van der Waals surface area contributed by atoms with Crippen molar-refractivity contribution in [2.45, 2.75) is 6.61 Å². The van der Waals surface area contributed by atoms with Crippen molar-refractivity contribution in [1.29, 1.82) is 0 Å². The number of allylic oxidation sites excluding steroid dienone is 1. The summed E-state index contributed by atoms with van der Waals surface area (Å²) in [6, 6.07) is 7.60.